The normalized spacial score (nSPS) is 19.7. The Kier molecular flexibility index (Phi) is 4.91. The highest BCUT2D eigenvalue weighted by molar-refractivity contribution is 9.10. The van der Waals surface area contributed by atoms with Gasteiger partial charge in [0.15, 0.2) is 0 Å². The van der Waals surface area contributed by atoms with Gasteiger partial charge >= 0.3 is 0 Å². The predicted molar refractivity (Wildman–Crippen MR) is 76.6 cm³/mol. The maximum Gasteiger partial charge on any atom is 0.238 e. The molecule has 19 heavy (non-hydrogen) atoms. The fraction of sp³-hybridized carbons (Fsp3) is 0.385. The van der Waals surface area contributed by atoms with Crippen molar-refractivity contribution in [1.82, 2.24) is 10.2 Å². The molecule has 1 unspecified atom stereocenters. The molecule has 2 N–H and O–H groups in total. The van der Waals surface area contributed by atoms with E-state index in [0.29, 0.717) is 13.1 Å². The molecule has 0 spiro atoms. The van der Waals surface area contributed by atoms with E-state index >= 15 is 0 Å². The van der Waals surface area contributed by atoms with Crippen molar-refractivity contribution in [2.45, 2.75) is 6.04 Å². The number of benzene rings is 1. The molecule has 6 heteroatoms. The first-order valence-corrected chi connectivity index (χ1v) is 6.88. The molecule has 5 nitrogen and oxygen atoms in total. The van der Waals surface area contributed by atoms with E-state index in [-0.39, 0.29) is 18.5 Å². The molecular formula is C13H15BrN4O. The first-order chi connectivity index (χ1) is 9.19. The molecule has 2 rings (SSSR count). The number of nitrogens with zero attached hydrogens (tertiary/aromatic N) is 2. The highest BCUT2D eigenvalue weighted by Crippen LogP contribution is 2.14. The van der Waals surface area contributed by atoms with E-state index in [0.717, 1.165) is 16.7 Å². The monoisotopic (exact) mass is 322 g/mol. The number of anilines is 1. The van der Waals surface area contributed by atoms with Crippen molar-refractivity contribution in [2.24, 2.45) is 0 Å². The van der Waals surface area contributed by atoms with Crippen molar-refractivity contribution in [1.29, 1.82) is 5.26 Å². The summed E-state index contributed by atoms with van der Waals surface area (Å²) in [5, 5.41) is 15.0. The molecule has 1 aliphatic heterocycles. The zero-order chi connectivity index (χ0) is 13.7. The number of halogens is 1. The highest BCUT2D eigenvalue weighted by atomic mass is 79.9. The standard InChI is InChI=1S/C13H15BrN4O/c14-10-1-3-11(4-2-10)17-13(19)9-18-6-5-16-8-12(18)7-15/h1-4,12,16H,5-6,8-9H2,(H,17,19). The quantitative estimate of drug-likeness (QED) is 0.877. The van der Waals surface area contributed by atoms with Crippen molar-refractivity contribution >= 4 is 27.5 Å². The summed E-state index contributed by atoms with van der Waals surface area (Å²) in [4.78, 5) is 13.8. The zero-order valence-electron chi connectivity index (χ0n) is 10.4. The second kappa shape index (κ2) is 6.66. The molecule has 0 radical (unpaired) electrons. The van der Waals surface area contributed by atoms with Gasteiger partial charge in [0.2, 0.25) is 5.91 Å². The van der Waals surface area contributed by atoms with E-state index in [9.17, 15) is 4.79 Å². The molecule has 1 saturated heterocycles. The van der Waals surface area contributed by atoms with Crippen LogP contribution < -0.4 is 10.6 Å². The Labute approximate surface area is 120 Å². The van der Waals surface area contributed by atoms with Gasteiger partial charge in [-0.05, 0) is 24.3 Å². The van der Waals surface area contributed by atoms with Gasteiger partial charge in [-0.25, -0.2) is 0 Å². The third-order valence-electron chi connectivity index (χ3n) is 2.98. The van der Waals surface area contributed by atoms with Gasteiger partial charge in [0.1, 0.15) is 6.04 Å². The van der Waals surface area contributed by atoms with E-state index in [4.69, 9.17) is 5.26 Å². The van der Waals surface area contributed by atoms with Crippen LogP contribution in [0.3, 0.4) is 0 Å². The Morgan fingerprint density at radius 1 is 1.53 bits per heavy atom. The van der Waals surface area contributed by atoms with Crippen LogP contribution in [0.5, 0.6) is 0 Å². The summed E-state index contributed by atoms with van der Waals surface area (Å²) < 4.78 is 0.970. The highest BCUT2D eigenvalue weighted by Gasteiger charge is 2.23. The molecule has 0 aromatic heterocycles. The molecule has 1 amide bonds. The first-order valence-electron chi connectivity index (χ1n) is 6.09. The minimum absolute atomic E-state index is 0.0931. The SMILES string of the molecule is N#CC1CNCCN1CC(=O)Nc1ccc(Br)cc1. The van der Waals surface area contributed by atoms with E-state index in [2.05, 4.69) is 32.6 Å². The Morgan fingerprint density at radius 2 is 2.26 bits per heavy atom. The van der Waals surface area contributed by atoms with Crippen molar-refractivity contribution in [3.8, 4) is 6.07 Å². The summed E-state index contributed by atoms with van der Waals surface area (Å²) in [6.45, 7) is 2.38. The molecule has 1 fully saturated rings. The Balaban J connectivity index is 1.90. The summed E-state index contributed by atoms with van der Waals surface area (Å²) in [6.07, 6.45) is 0. The number of nitriles is 1. The van der Waals surface area contributed by atoms with Crippen molar-refractivity contribution in [3.63, 3.8) is 0 Å². The number of piperazine rings is 1. The zero-order valence-corrected chi connectivity index (χ0v) is 12.0. The number of carbonyl (C=O) groups is 1. The van der Waals surface area contributed by atoms with Crippen LogP contribution in [-0.4, -0.2) is 43.0 Å². The number of rotatable bonds is 3. The Morgan fingerprint density at radius 3 is 2.95 bits per heavy atom. The van der Waals surface area contributed by atoms with Crippen LogP contribution in [0.2, 0.25) is 0 Å². The van der Waals surface area contributed by atoms with Crippen LogP contribution in [0.25, 0.3) is 0 Å². The van der Waals surface area contributed by atoms with Gasteiger partial charge in [0.25, 0.3) is 0 Å². The van der Waals surface area contributed by atoms with Gasteiger partial charge in [-0.2, -0.15) is 5.26 Å². The molecule has 1 atom stereocenters. The molecule has 1 aliphatic rings. The molecule has 1 aromatic rings. The van der Waals surface area contributed by atoms with Gasteiger partial charge in [-0.3, -0.25) is 9.69 Å². The smallest absolute Gasteiger partial charge is 0.238 e. The summed E-state index contributed by atoms with van der Waals surface area (Å²) in [5.41, 5.74) is 0.761. The van der Waals surface area contributed by atoms with Crippen LogP contribution in [0.15, 0.2) is 28.7 Å². The van der Waals surface area contributed by atoms with E-state index in [1.807, 2.05) is 29.2 Å². The fourth-order valence-corrected chi connectivity index (χ4v) is 2.25. The number of hydrogen-bond acceptors (Lipinski definition) is 4. The predicted octanol–water partition coefficient (Wildman–Crippen LogP) is 1.18. The van der Waals surface area contributed by atoms with Crippen LogP contribution >= 0.6 is 15.9 Å². The van der Waals surface area contributed by atoms with Gasteiger partial charge in [-0.1, -0.05) is 15.9 Å². The topological polar surface area (TPSA) is 68.2 Å². The van der Waals surface area contributed by atoms with E-state index in [1.165, 1.54) is 0 Å². The van der Waals surface area contributed by atoms with Crippen LogP contribution in [-0.2, 0) is 4.79 Å². The van der Waals surface area contributed by atoms with Crippen LogP contribution in [0.4, 0.5) is 5.69 Å². The third-order valence-corrected chi connectivity index (χ3v) is 3.51. The number of hydrogen-bond donors (Lipinski definition) is 2. The minimum atomic E-state index is -0.232. The minimum Gasteiger partial charge on any atom is -0.325 e. The van der Waals surface area contributed by atoms with Crippen molar-refractivity contribution in [2.75, 3.05) is 31.5 Å². The van der Waals surface area contributed by atoms with Crippen molar-refractivity contribution < 1.29 is 4.79 Å². The van der Waals surface area contributed by atoms with E-state index in [1.54, 1.807) is 0 Å². The molecule has 100 valence electrons. The first kappa shape index (κ1) is 14.0. The molecule has 1 aromatic carbocycles. The fourth-order valence-electron chi connectivity index (χ4n) is 1.98. The average molecular weight is 323 g/mol. The van der Waals surface area contributed by atoms with Crippen molar-refractivity contribution in [3.05, 3.63) is 28.7 Å². The summed E-state index contributed by atoms with van der Waals surface area (Å²) in [5.74, 6) is -0.0931. The number of carbonyl (C=O) groups excluding carboxylic acids is 1. The largest absolute Gasteiger partial charge is 0.325 e. The van der Waals surface area contributed by atoms with Crippen LogP contribution in [0.1, 0.15) is 0 Å². The average Bonchev–Trinajstić information content (AvgIpc) is 2.42. The second-order valence-corrected chi connectivity index (χ2v) is 5.29. The van der Waals surface area contributed by atoms with Gasteiger partial charge < -0.3 is 10.6 Å². The maximum absolute atomic E-state index is 11.9. The number of amides is 1. The summed E-state index contributed by atoms with van der Waals surface area (Å²) in [7, 11) is 0. The van der Waals surface area contributed by atoms with Gasteiger partial charge in [0.05, 0.1) is 12.6 Å². The summed E-state index contributed by atoms with van der Waals surface area (Å²) >= 11 is 3.34. The summed E-state index contributed by atoms with van der Waals surface area (Å²) in [6, 6.07) is 9.39. The Hall–Kier alpha value is -1.42. The van der Waals surface area contributed by atoms with Crippen LogP contribution in [0, 0.1) is 11.3 Å². The lowest BCUT2D eigenvalue weighted by Gasteiger charge is -2.31. The van der Waals surface area contributed by atoms with Gasteiger partial charge in [0, 0.05) is 29.8 Å². The molecule has 0 aliphatic carbocycles. The maximum atomic E-state index is 11.9. The lowest BCUT2D eigenvalue weighted by atomic mass is 10.2. The van der Waals surface area contributed by atoms with E-state index < -0.39 is 0 Å². The molecular weight excluding hydrogens is 308 g/mol. The third kappa shape index (κ3) is 4.03. The molecule has 0 bridgehead atoms. The molecule has 1 heterocycles. The lowest BCUT2D eigenvalue weighted by Crippen LogP contribution is -2.52. The number of nitrogens with one attached hydrogen (secondary N) is 2. The molecule has 0 saturated carbocycles. The lowest BCUT2D eigenvalue weighted by molar-refractivity contribution is -0.117. The second-order valence-electron chi connectivity index (χ2n) is 4.37. The Bertz CT molecular complexity index is 482. The van der Waals surface area contributed by atoms with Gasteiger partial charge in [-0.15, -0.1) is 0 Å².